The molecule has 0 aliphatic carbocycles. The molecular weight excluding hydrogens is 156 g/mol. The van der Waals surface area contributed by atoms with Crippen LogP contribution in [-0.2, 0) is 4.74 Å². The van der Waals surface area contributed by atoms with E-state index in [9.17, 15) is 0 Å². The molecule has 0 aromatic carbocycles. The second-order valence-corrected chi connectivity index (χ2v) is 4.55. The van der Waals surface area contributed by atoms with Crippen LogP contribution in [0.25, 0.3) is 0 Å². The molecule has 0 rings (SSSR count). The first-order chi connectivity index (χ1) is 4.98. The fourth-order valence-electron chi connectivity index (χ4n) is 0.617. The van der Waals surface area contributed by atoms with Crippen LogP contribution >= 0.6 is 12.6 Å². The van der Waals surface area contributed by atoms with Crippen LogP contribution in [0.1, 0.15) is 27.7 Å². The van der Waals surface area contributed by atoms with Crippen molar-refractivity contribution >= 4 is 12.6 Å². The summed E-state index contributed by atoms with van der Waals surface area (Å²) in [6, 6.07) is 0. The van der Waals surface area contributed by atoms with E-state index in [1.165, 1.54) is 0 Å². The molecule has 11 heavy (non-hydrogen) atoms. The maximum atomic E-state index is 5.50. The van der Waals surface area contributed by atoms with E-state index in [1.807, 2.05) is 0 Å². The van der Waals surface area contributed by atoms with Crippen LogP contribution in [0.5, 0.6) is 0 Å². The third kappa shape index (κ3) is 6.70. The van der Waals surface area contributed by atoms with E-state index in [0.717, 1.165) is 19.0 Å². The zero-order valence-electron chi connectivity index (χ0n) is 8.05. The van der Waals surface area contributed by atoms with E-state index in [-0.39, 0.29) is 5.41 Å². The van der Waals surface area contributed by atoms with Gasteiger partial charge in [-0.15, -0.1) is 0 Å². The summed E-state index contributed by atoms with van der Waals surface area (Å²) in [5.74, 6) is 1.51. The number of rotatable bonds is 5. The maximum absolute atomic E-state index is 5.50. The molecule has 0 saturated heterocycles. The summed E-state index contributed by atoms with van der Waals surface area (Å²) in [6.45, 7) is 10.3. The minimum absolute atomic E-state index is 0.220. The first-order valence-electron chi connectivity index (χ1n) is 4.16. The Labute approximate surface area is 75.9 Å². The van der Waals surface area contributed by atoms with E-state index in [2.05, 4.69) is 40.3 Å². The monoisotopic (exact) mass is 176 g/mol. The van der Waals surface area contributed by atoms with Crippen LogP contribution in [0.2, 0.25) is 0 Å². The van der Waals surface area contributed by atoms with Crippen molar-refractivity contribution < 1.29 is 4.74 Å². The summed E-state index contributed by atoms with van der Waals surface area (Å²) >= 11 is 4.25. The predicted molar refractivity (Wildman–Crippen MR) is 53.3 cm³/mol. The molecule has 0 aromatic rings. The summed E-state index contributed by atoms with van der Waals surface area (Å²) < 4.78 is 5.50. The van der Waals surface area contributed by atoms with Gasteiger partial charge in [0, 0.05) is 6.61 Å². The molecule has 2 heteroatoms. The second-order valence-electron chi connectivity index (χ2n) is 4.23. The molecule has 0 radical (unpaired) electrons. The Hall–Kier alpha value is 0.310. The highest BCUT2D eigenvalue weighted by Gasteiger charge is 2.15. The van der Waals surface area contributed by atoms with Crippen molar-refractivity contribution in [1.29, 1.82) is 0 Å². The van der Waals surface area contributed by atoms with Crippen LogP contribution in [0.3, 0.4) is 0 Å². The van der Waals surface area contributed by atoms with Crippen LogP contribution in [0.4, 0.5) is 0 Å². The molecule has 0 aliphatic heterocycles. The molecule has 0 amide bonds. The van der Waals surface area contributed by atoms with Crippen LogP contribution in [-0.4, -0.2) is 19.0 Å². The van der Waals surface area contributed by atoms with Crippen molar-refractivity contribution in [3.63, 3.8) is 0 Å². The SMILES string of the molecule is CC(C)COCC(C)(C)CS. The smallest absolute Gasteiger partial charge is 0.0525 e. The van der Waals surface area contributed by atoms with Crippen LogP contribution < -0.4 is 0 Å². The molecule has 0 fully saturated rings. The lowest BCUT2D eigenvalue weighted by molar-refractivity contribution is 0.0567. The van der Waals surface area contributed by atoms with Gasteiger partial charge < -0.3 is 4.74 Å². The van der Waals surface area contributed by atoms with Gasteiger partial charge in [-0.25, -0.2) is 0 Å². The van der Waals surface area contributed by atoms with Gasteiger partial charge in [-0.05, 0) is 17.1 Å². The van der Waals surface area contributed by atoms with E-state index in [0.29, 0.717) is 5.92 Å². The lowest BCUT2D eigenvalue weighted by Gasteiger charge is -2.22. The first kappa shape index (κ1) is 11.3. The third-order valence-corrected chi connectivity index (χ3v) is 2.23. The Morgan fingerprint density at radius 3 is 2.27 bits per heavy atom. The van der Waals surface area contributed by atoms with Gasteiger partial charge in [-0.1, -0.05) is 27.7 Å². The summed E-state index contributed by atoms with van der Waals surface area (Å²) in [4.78, 5) is 0. The minimum atomic E-state index is 0.220. The third-order valence-electron chi connectivity index (χ3n) is 1.37. The molecule has 0 saturated carbocycles. The molecule has 0 bridgehead atoms. The highest BCUT2D eigenvalue weighted by molar-refractivity contribution is 7.80. The summed E-state index contributed by atoms with van der Waals surface area (Å²) in [5, 5.41) is 0. The normalized spacial score (nSPS) is 12.5. The van der Waals surface area contributed by atoms with E-state index >= 15 is 0 Å². The van der Waals surface area contributed by atoms with Gasteiger partial charge in [0.15, 0.2) is 0 Å². The summed E-state index contributed by atoms with van der Waals surface area (Å²) in [7, 11) is 0. The van der Waals surface area contributed by atoms with Crippen LogP contribution in [0.15, 0.2) is 0 Å². The molecule has 0 N–H and O–H groups in total. The zero-order valence-corrected chi connectivity index (χ0v) is 8.95. The van der Waals surface area contributed by atoms with Crippen molar-refractivity contribution in [2.45, 2.75) is 27.7 Å². The topological polar surface area (TPSA) is 9.23 Å². The molecule has 0 unspecified atom stereocenters. The first-order valence-corrected chi connectivity index (χ1v) is 4.80. The molecule has 0 spiro atoms. The fraction of sp³-hybridized carbons (Fsp3) is 1.00. The van der Waals surface area contributed by atoms with E-state index in [4.69, 9.17) is 4.74 Å². The molecule has 0 aliphatic rings. The van der Waals surface area contributed by atoms with Gasteiger partial charge in [0.1, 0.15) is 0 Å². The van der Waals surface area contributed by atoms with E-state index in [1.54, 1.807) is 0 Å². The molecular formula is C9H20OS. The Morgan fingerprint density at radius 1 is 1.36 bits per heavy atom. The maximum Gasteiger partial charge on any atom is 0.0525 e. The van der Waals surface area contributed by atoms with Crippen molar-refractivity contribution in [2.24, 2.45) is 11.3 Å². The van der Waals surface area contributed by atoms with Crippen molar-refractivity contribution in [3.8, 4) is 0 Å². The Kier molecular flexibility index (Phi) is 5.19. The van der Waals surface area contributed by atoms with Gasteiger partial charge in [0.05, 0.1) is 6.61 Å². The van der Waals surface area contributed by atoms with Gasteiger partial charge >= 0.3 is 0 Å². The predicted octanol–water partition coefficient (Wildman–Crippen LogP) is 2.62. The summed E-state index contributed by atoms with van der Waals surface area (Å²) in [5.41, 5.74) is 0.220. The van der Waals surface area contributed by atoms with Gasteiger partial charge in [0.2, 0.25) is 0 Å². The lowest BCUT2D eigenvalue weighted by atomic mass is 9.98. The van der Waals surface area contributed by atoms with Gasteiger partial charge in [0.25, 0.3) is 0 Å². The van der Waals surface area contributed by atoms with Gasteiger partial charge in [-0.2, -0.15) is 12.6 Å². The molecule has 0 heterocycles. The quantitative estimate of drug-likeness (QED) is 0.634. The minimum Gasteiger partial charge on any atom is -0.381 e. The molecule has 0 atom stereocenters. The number of thiol groups is 1. The molecule has 1 nitrogen and oxygen atoms in total. The number of ether oxygens (including phenoxy) is 1. The largest absolute Gasteiger partial charge is 0.381 e. The zero-order chi connectivity index (χ0) is 8.91. The second kappa shape index (κ2) is 5.04. The number of hydrogen-bond donors (Lipinski definition) is 1. The Bertz CT molecular complexity index is 99.7. The lowest BCUT2D eigenvalue weighted by Crippen LogP contribution is -2.22. The highest BCUT2D eigenvalue weighted by Crippen LogP contribution is 2.16. The van der Waals surface area contributed by atoms with Crippen LogP contribution in [0, 0.1) is 11.3 Å². The standard InChI is InChI=1S/C9H20OS/c1-8(2)5-10-6-9(3,4)7-11/h8,11H,5-7H2,1-4H3. The van der Waals surface area contributed by atoms with Crippen molar-refractivity contribution in [1.82, 2.24) is 0 Å². The highest BCUT2D eigenvalue weighted by atomic mass is 32.1. The van der Waals surface area contributed by atoms with Crippen molar-refractivity contribution in [2.75, 3.05) is 19.0 Å². The molecule has 68 valence electrons. The van der Waals surface area contributed by atoms with Crippen molar-refractivity contribution in [3.05, 3.63) is 0 Å². The average molecular weight is 176 g/mol. The average Bonchev–Trinajstić information content (AvgIpc) is 1.87. The Balaban J connectivity index is 3.38. The molecule has 0 aromatic heterocycles. The van der Waals surface area contributed by atoms with Gasteiger partial charge in [-0.3, -0.25) is 0 Å². The Morgan fingerprint density at radius 2 is 1.91 bits per heavy atom. The van der Waals surface area contributed by atoms with E-state index < -0.39 is 0 Å². The number of hydrogen-bond acceptors (Lipinski definition) is 2. The fourth-order valence-corrected chi connectivity index (χ4v) is 0.708. The summed E-state index contributed by atoms with van der Waals surface area (Å²) in [6.07, 6.45) is 0.